The van der Waals surface area contributed by atoms with Gasteiger partial charge in [0.15, 0.2) is 0 Å². The zero-order valence-electron chi connectivity index (χ0n) is 8.22. The van der Waals surface area contributed by atoms with Crippen LogP contribution < -0.4 is 5.32 Å². The van der Waals surface area contributed by atoms with E-state index in [2.05, 4.69) is 45.5 Å². The van der Waals surface area contributed by atoms with Gasteiger partial charge in [0.1, 0.15) is 0 Å². The quantitative estimate of drug-likeness (QED) is 0.638. The van der Waals surface area contributed by atoms with Crippen molar-refractivity contribution in [2.75, 3.05) is 6.54 Å². The smallest absolute Gasteiger partial charge is 0.0397 e. The molecular formula is C11H14BrNS. The van der Waals surface area contributed by atoms with E-state index >= 15 is 0 Å². The summed E-state index contributed by atoms with van der Waals surface area (Å²) in [7, 11) is 0. The summed E-state index contributed by atoms with van der Waals surface area (Å²) in [4.78, 5) is 1.35. The molecule has 1 aromatic heterocycles. The Morgan fingerprint density at radius 2 is 2.50 bits per heavy atom. The molecule has 14 heavy (non-hydrogen) atoms. The molecule has 1 nitrogen and oxygen atoms in total. The van der Waals surface area contributed by atoms with E-state index in [1.54, 1.807) is 11.3 Å². The number of halogens is 1. The molecule has 0 aliphatic carbocycles. The highest BCUT2D eigenvalue weighted by atomic mass is 79.9. The lowest BCUT2D eigenvalue weighted by molar-refractivity contribution is 0.568. The molecule has 76 valence electrons. The number of thiophene rings is 1. The Balaban J connectivity index is 2.33. The Morgan fingerprint density at radius 3 is 3.07 bits per heavy atom. The highest BCUT2D eigenvalue weighted by Crippen LogP contribution is 2.28. The molecular weight excluding hydrogens is 258 g/mol. The van der Waals surface area contributed by atoms with Crippen LogP contribution in [0.1, 0.15) is 30.7 Å². The Labute approximate surface area is 98.0 Å². The summed E-state index contributed by atoms with van der Waals surface area (Å²) >= 11 is 5.30. The van der Waals surface area contributed by atoms with Crippen molar-refractivity contribution < 1.29 is 0 Å². The molecule has 0 radical (unpaired) electrons. The summed E-state index contributed by atoms with van der Waals surface area (Å²) in [6.45, 7) is 3.15. The van der Waals surface area contributed by atoms with E-state index in [-0.39, 0.29) is 0 Å². The Bertz CT molecular complexity index is 313. The zero-order valence-corrected chi connectivity index (χ0v) is 10.6. The van der Waals surface area contributed by atoms with Crippen molar-refractivity contribution in [1.29, 1.82) is 0 Å². The molecule has 1 rings (SSSR count). The molecule has 0 saturated heterocycles. The van der Waals surface area contributed by atoms with Gasteiger partial charge in [0.05, 0.1) is 0 Å². The Morgan fingerprint density at radius 1 is 1.71 bits per heavy atom. The van der Waals surface area contributed by atoms with Crippen LogP contribution in [0.15, 0.2) is 15.9 Å². The maximum Gasteiger partial charge on any atom is 0.0397 e. The van der Waals surface area contributed by atoms with Crippen molar-refractivity contribution in [2.24, 2.45) is 0 Å². The first-order valence-corrected chi connectivity index (χ1v) is 6.32. The molecule has 3 heteroatoms. The molecule has 0 saturated carbocycles. The number of terminal acetylenes is 1. The molecule has 1 aromatic rings. The molecule has 0 aromatic carbocycles. The molecule has 0 amide bonds. The van der Waals surface area contributed by atoms with Crippen LogP contribution in [-0.2, 0) is 0 Å². The molecule has 0 aliphatic rings. The van der Waals surface area contributed by atoms with E-state index in [4.69, 9.17) is 6.42 Å². The first-order chi connectivity index (χ1) is 6.75. The van der Waals surface area contributed by atoms with Gasteiger partial charge in [-0.05, 0) is 47.3 Å². The fraction of sp³-hybridized carbons (Fsp3) is 0.455. The van der Waals surface area contributed by atoms with Crippen molar-refractivity contribution in [2.45, 2.75) is 25.8 Å². The second kappa shape index (κ2) is 6.23. The first-order valence-electron chi connectivity index (χ1n) is 4.65. The summed E-state index contributed by atoms with van der Waals surface area (Å²) in [6, 6.07) is 2.49. The third kappa shape index (κ3) is 3.45. The van der Waals surface area contributed by atoms with Gasteiger partial charge in [0.2, 0.25) is 0 Å². The monoisotopic (exact) mass is 271 g/mol. The van der Waals surface area contributed by atoms with Gasteiger partial charge in [-0.2, -0.15) is 0 Å². The fourth-order valence-corrected chi connectivity index (χ4v) is 2.97. The van der Waals surface area contributed by atoms with E-state index in [0.717, 1.165) is 19.4 Å². The van der Waals surface area contributed by atoms with Crippen molar-refractivity contribution >= 4 is 27.3 Å². The van der Waals surface area contributed by atoms with Gasteiger partial charge in [0.25, 0.3) is 0 Å². The van der Waals surface area contributed by atoms with Crippen LogP contribution in [0.3, 0.4) is 0 Å². The zero-order chi connectivity index (χ0) is 10.4. The molecule has 0 aliphatic heterocycles. The van der Waals surface area contributed by atoms with Crippen LogP contribution in [-0.4, -0.2) is 6.54 Å². The number of hydrogen-bond acceptors (Lipinski definition) is 2. The van der Waals surface area contributed by atoms with Gasteiger partial charge >= 0.3 is 0 Å². The number of rotatable bonds is 5. The minimum atomic E-state index is 0.405. The maximum atomic E-state index is 5.18. The van der Waals surface area contributed by atoms with Crippen LogP contribution >= 0.6 is 27.3 Å². The minimum Gasteiger partial charge on any atom is -0.309 e. The van der Waals surface area contributed by atoms with Crippen molar-refractivity contribution in [3.05, 3.63) is 20.8 Å². The lowest BCUT2D eigenvalue weighted by Gasteiger charge is -2.11. The van der Waals surface area contributed by atoms with Gasteiger partial charge in [-0.1, -0.05) is 0 Å². The van der Waals surface area contributed by atoms with Crippen LogP contribution in [0.4, 0.5) is 0 Å². The molecule has 0 bridgehead atoms. The second-order valence-electron chi connectivity index (χ2n) is 3.12. The highest BCUT2D eigenvalue weighted by Gasteiger charge is 2.08. The van der Waals surface area contributed by atoms with E-state index in [0.29, 0.717) is 6.04 Å². The Kier molecular flexibility index (Phi) is 5.24. The van der Waals surface area contributed by atoms with Crippen LogP contribution in [0.2, 0.25) is 0 Å². The third-order valence-electron chi connectivity index (χ3n) is 1.99. The SMILES string of the molecule is C#CCCCNC(C)c1sccc1Br. The summed E-state index contributed by atoms with van der Waals surface area (Å²) in [6.07, 6.45) is 7.08. The second-order valence-corrected chi connectivity index (χ2v) is 4.92. The first kappa shape index (κ1) is 11.8. The summed E-state index contributed by atoms with van der Waals surface area (Å²) in [5, 5.41) is 5.54. The lowest BCUT2D eigenvalue weighted by atomic mass is 10.2. The van der Waals surface area contributed by atoms with Crippen LogP contribution in [0, 0.1) is 12.3 Å². The predicted octanol–water partition coefficient (Wildman–Crippen LogP) is 3.57. The molecule has 0 spiro atoms. The largest absolute Gasteiger partial charge is 0.309 e. The molecule has 1 N–H and O–H groups in total. The molecule has 0 fully saturated rings. The number of unbranched alkanes of at least 4 members (excludes halogenated alkanes) is 1. The topological polar surface area (TPSA) is 12.0 Å². The molecule has 1 heterocycles. The van der Waals surface area contributed by atoms with Crippen molar-refractivity contribution in [3.8, 4) is 12.3 Å². The summed E-state index contributed by atoms with van der Waals surface area (Å²) < 4.78 is 1.19. The standard InChI is InChI=1S/C11H14BrNS/c1-3-4-5-7-13-9(2)11-10(12)6-8-14-11/h1,6,8-9,13H,4-5,7H2,2H3. The van der Waals surface area contributed by atoms with Gasteiger partial charge < -0.3 is 5.32 Å². The molecule has 1 unspecified atom stereocenters. The highest BCUT2D eigenvalue weighted by molar-refractivity contribution is 9.10. The predicted molar refractivity (Wildman–Crippen MR) is 66.5 cm³/mol. The number of nitrogens with one attached hydrogen (secondary N) is 1. The van der Waals surface area contributed by atoms with Crippen LogP contribution in [0.25, 0.3) is 0 Å². The summed E-state index contributed by atoms with van der Waals surface area (Å²) in [5.41, 5.74) is 0. The average molecular weight is 272 g/mol. The molecule has 1 atom stereocenters. The average Bonchev–Trinajstić information content (AvgIpc) is 2.59. The van der Waals surface area contributed by atoms with Gasteiger partial charge in [-0.15, -0.1) is 23.7 Å². The van der Waals surface area contributed by atoms with Gasteiger partial charge in [-0.25, -0.2) is 0 Å². The van der Waals surface area contributed by atoms with E-state index in [1.807, 2.05) is 0 Å². The maximum absolute atomic E-state index is 5.18. The van der Waals surface area contributed by atoms with E-state index in [1.165, 1.54) is 9.35 Å². The van der Waals surface area contributed by atoms with Gasteiger partial charge in [-0.3, -0.25) is 0 Å². The Hall–Kier alpha value is -0.300. The van der Waals surface area contributed by atoms with Crippen molar-refractivity contribution in [3.63, 3.8) is 0 Å². The lowest BCUT2D eigenvalue weighted by Crippen LogP contribution is -2.19. The van der Waals surface area contributed by atoms with E-state index < -0.39 is 0 Å². The van der Waals surface area contributed by atoms with Gasteiger partial charge in [0, 0.05) is 21.8 Å². The summed E-state index contributed by atoms with van der Waals surface area (Å²) in [5.74, 6) is 2.64. The van der Waals surface area contributed by atoms with Crippen LogP contribution in [0.5, 0.6) is 0 Å². The van der Waals surface area contributed by atoms with E-state index in [9.17, 15) is 0 Å². The fourth-order valence-electron chi connectivity index (χ4n) is 1.22. The third-order valence-corrected chi connectivity index (χ3v) is 4.04. The normalized spacial score (nSPS) is 12.4. The minimum absolute atomic E-state index is 0.405. The number of hydrogen-bond donors (Lipinski definition) is 1. The van der Waals surface area contributed by atoms with Crippen molar-refractivity contribution in [1.82, 2.24) is 5.32 Å².